The van der Waals surface area contributed by atoms with Gasteiger partial charge >= 0.3 is 0 Å². The van der Waals surface area contributed by atoms with Crippen molar-refractivity contribution in [2.75, 3.05) is 13.1 Å². The molecule has 21 heavy (non-hydrogen) atoms. The van der Waals surface area contributed by atoms with Crippen LogP contribution in [0.5, 0.6) is 0 Å². The minimum absolute atomic E-state index is 0.0687. The van der Waals surface area contributed by atoms with Gasteiger partial charge in [-0.05, 0) is 49.3 Å². The highest BCUT2D eigenvalue weighted by Gasteiger charge is 2.42. The maximum atomic E-state index is 12.9. The standard InChI is InChI=1S/C17H23BrN2O/c1-17(19,14-6-8-15(18)9-7-14)16(21)20-10-12-4-2-3-5-13(12)11-20/h6-9,12-13H,2-5,10-11,19H2,1H3. The van der Waals surface area contributed by atoms with Gasteiger partial charge in [0, 0.05) is 17.6 Å². The molecule has 0 spiro atoms. The first kappa shape index (κ1) is 15.0. The Kier molecular flexibility index (Phi) is 4.10. The molecule has 1 aliphatic heterocycles. The normalized spacial score (nSPS) is 28.0. The van der Waals surface area contributed by atoms with Crippen molar-refractivity contribution in [2.45, 2.75) is 38.1 Å². The van der Waals surface area contributed by atoms with E-state index in [1.54, 1.807) is 0 Å². The number of halogens is 1. The van der Waals surface area contributed by atoms with E-state index in [9.17, 15) is 4.79 Å². The molecule has 1 saturated carbocycles. The Morgan fingerprint density at radius 3 is 2.24 bits per heavy atom. The Morgan fingerprint density at radius 2 is 1.71 bits per heavy atom. The Labute approximate surface area is 135 Å². The third-order valence-corrected chi connectivity index (χ3v) is 5.68. The molecule has 3 atom stereocenters. The molecule has 0 aromatic heterocycles. The predicted octanol–water partition coefficient (Wildman–Crippen LogP) is 3.27. The molecule has 3 unspecified atom stereocenters. The van der Waals surface area contributed by atoms with Gasteiger partial charge < -0.3 is 10.6 Å². The van der Waals surface area contributed by atoms with Crippen LogP contribution in [-0.4, -0.2) is 23.9 Å². The molecule has 3 nitrogen and oxygen atoms in total. The summed E-state index contributed by atoms with van der Waals surface area (Å²) >= 11 is 3.42. The van der Waals surface area contributed by atoms with Crippen LogP contribution in [0.1, 0.15) is 38.2 Å². The fourth-order valence-corrected chi connectivity index (χ4v) is 4.08. The number of hydrogen-bond donors (Lipinski definition) is 1. The van der Waals surface area contributed by atoms with E-state index in [2.05, 4.69) is 15.9 Å². The highest BCUT2D eigenvalue weighted by Crippen LogP contribution is 2.37. The van der Waals surface area contributed by atoms with E-state index in [-0.39, 0.29) is 5.91 Å². The lowest BCUT2D eigenvalue weighted by atomic mass is 9.82. The summed E-state index contributed by atoms with van der Waals surface area (Å²) in [5.41, 5.74) is 6.34. The molecule has 0 bridgehead atoms. The van der Waals surface area contributed by atoms with Crippen molar-refractivity contribution in [3.05, 3.63) is 34.3 Å². The van der Waals surface area contributed by atoms with Gasteiger partial charge in [-0.25, -0.2) is 0 Å². The Balaban J connectivity index is 1.76. The van der Waals surface area contributed by atoms with E-state index in [0.29, 0.717) is 11.8 Å². The van der Waals surface area contributed by atoms with E-state index in [1.165, 1.54) is 25.7 Å². The zero-order valence-electron chi connectivity index (χ0n) is 12.5. The third-order valence-electron chi connectivity index (χ3n) is 5.15. The zero-order chi connectivity index (χ0) is 15.0. The number of benzene rings is 1. The summed E-state index contributed by atoms with van der Waals surface area (Å²) in [4.78, 5) is 14.9. The van der Waals surface area contributed by atoms with Crippen molar-refractivity contribution in [3.63, 3.8) is 0 Å². The molecule has 1 heterocycles. The number of fused-ring (bicyclic) bond motifs is 1. The SMILES string of the molecule is CC(N)(C(=O)N1CC2CCCCC2C1)c1ccc(Br)cc1. The van der Waals surface area contributed by atoms with Crippen molar-refractivity contribution in [1.29, 1.82) is 0 Å². The molecule has 1 aromatic rings. The number of amides is 1. The smallest absolute Gasteiger partial charge is 0.246 e. The molecule has 3 rings (SSSR count). The lowest BCUT2D eigenvalue weighted by Gasteiger charge is -2.29. The summed E-state index contributed by atoms with van der Waals surface area (Å²) in [6, 6.07) is 7.76. The molecule has 1 amide bonds. The number of rotatable bonds is 2. The molecule has 1 saturated heterocycles. The Hall–Kier alpha value is -0.870. The number of likely N-dealkylation sites (tertiary alicyclic amines) is 1. The Bertz CT molecular complexity index is 512. The van der Waals surface area contributed by atoms with E-state index in [1.807, 2.05) is 36.1 Å². The molecule has 114 valence electrons. The van der Waals surface area contributed by atoms with Crippen molar-refractivity contribution < 1.29 is 4.79 Å². The molecular formula is C17H23BrN2O. The van der Waals surface area contributed by atoms with Gasteiger partial charge in [-0.1, -0.05) is 40.9 Å². The van der Waals surface area contributed by atoms with Crippen molar-refractivity contribution in [1.82, 2.24) is 4.90 Å². The first-order valence-electron chi connectivity index (χ1n) is 7.83. The first-order chi connectivity index (χ1) is 9.98. The van der Waals surface area contributed by atoms with Gasteiger partial charge in [0.25, 0.3) is 0 Å². The van der Waals surface area contributed by atoms with E-state index in [0.717, 1.165) is 23.1 Å². The van der Waals surface area contributed by atoms with Crippen LogP contribution < -0.4 is 5.73 Å². The van der Waals surface area contributed by atoms with E-state index < -0.39 is 5.54 Å². The first-order valence-corrected chi connectivity index (χ1v) is 8.62. The zero-order valence-corrected chi connectivity index (χ0v) is 14.1. The molecule has 0 radical (unpaired) electrons. The topological polar surface area (TPSA) is 46.3 Å². The average molecular weight is 351 g/mol. The molecule has 2 aliphatic rings. The lowest BCUT2D eigenvalue weighted by molar-refractivity contribution is -0.135. The maximum absolute atomic E-state index is 12.9. The summed E-state index contributed by atoms with van der Waals surface area (Å²) < 4.78 is 1.00. The highest BCUT2D eigenvalue weighted by atomic mass is 79.9. The second-order valence-electron chi connectivity index (χ2n) is 6.72. The van der Waals surface area contributed by atoms with Crippen LogP contribution in [0.4, 0.5) is 0 Å². The highest BCUT2D eigenvalue weighted by molar-refractivity contribution is 9.10. The average Bonchev–Trinajstić information content (AvgIpc) is 2.90. The van der Waals surface area contributed by atoms with Gasteiger partial charge in [0.05, 0.1) is 0 Å². The lowest BCUT2D eigenvalue weighted by Crippen LogP contribution is -2.50. The summed E-state index contributed by atoms with van der Waals surface area (Å²) in [5.74, 6) is 1.46. The Morgan fingerprint density at radius 1 is 1.19 bits per heavy atom. The third kappa shape index (κ3) is 2.88. The van der Waals surface area contributed by atoms with Gasteiger partial charge in [0.15, 0.2) is 0 Å². The van der Waals surface area contributed by atoms with Crippen molar-refractivity contribution in [2.24, 2.45) is 17.6 Å². The summed E-state index contributed by atoms with van der Waals surface area (Å²) in [7, 11) is 0. The van der Waals surface area contributed by atoms with Gasteiger partial charge in [-0.15, -0.1) is 0 Å². The quantitative estimate of drug-likeness (QED) is 0.889. The number of carbonyl (C=O) groups excluding carboxylic acids is 1. The van der Waals surface area contributed by atoms with Crippen LogP contribution in [0.25, 0.3) is 0 Å². The second kappa shape index (κ2) is 5.73. The molecule has 1 aliphatic carbocycles. The number of nitrogens with two attached hydrogens (primary N) is 1. The second-order valence-corrected chi connectivity index (χ2v) is 7.64. The largest absolute Gasteiger partial charge is 0.340 e. The van der Waals surface area contributed by atoms with Gasteiger partial charge in [0.2, 0.25) is 5.91 Å². The number of nitrogens with zero attached hydrogens (tertiary/aromatic N) is 1. The minimum atomic E-state index is -0.936. The predicted molar refractivity (Wildman–Crippen MR) is 87.7 cm³/mol. The van der Waals surface area contributed by atoms with Crippen LogP contribution in [0, 0.1) is 11.8 Å². The van der Waals surface area contributed by atoms with E-state index >= 15 is 0 Å². The molecule has 4 heteroatoms. The number of carbonyl (C=O) groups is 1. The molecule has 2 fully saturated rings. The fraction of sp³-hybridized carbons (Fsp3) is 0.588. The van der Waals surface area contributed by atoms with Gasteiger partial charge in [-0.3, -0.25) is 4.79 Å². The summed E-state index contributed by atoms with van der Waals surface area (Å²) in [5, 5.41) is 0. The van der Waals surface area contributed by atoms with Crippen LogP contribution in [0.15, 0.2) is 28.7 Å². The molecular weight excluding hydrogens is 328 g/mol. The molecule has 1 aromatic carbocycles. The van der Waals surface area contributed by atoms with Crippen LogP contribution in [0.2, 0.25) is 0 Å². The van der Waals surface area contributed by atoms with Gasteiger partial charge in [0.1, 0.15) is 5.54 Å². The summed E-state index contributed by atoms with van der Waals surface area (Å²) in [6.07, 6.45) is 5.17. The number of hydrogen-bond acceptors (Lipinski definition) is 2. The van der Waals surface area contributed by atoms with Crippen LogP contribution >= 0.6 is 15.9 Å². The van der Waals surface area contributed by atoms with E-state index in [4.69, 9.17) is 5.73 Å². The fourth-order valence-electron chi connectivity index (χ4n) is 3.82. The monoisotopic (exact) mass is 350 g/mol. The van der Waals surface area contributed by atoms with Crippen LogP contribution in [-0.2, 0) is 10.3 Å². The minimum Gasteiger partial charge on any atom is -0.340 e. The van der Waals surface area contributed by atoms with Crippen LogP contribution in [0.3, 0.4) is 0 Å². The van der Waals surface area contributed by atoms with Crippen molar-refractivity contribution in [3.8, 4) is 0 Å². The summed E-state index contributed by atoms with van der Waals surface area (Å²) in [6.45, 7) is 3.63. The van der Waals surface area contributed by atoms with Gasteiger partial charge in [-0.2, -0.15) is 0 Å². The maximum Gasteiger partial charge on any atom is 0.246 e. The molecule has 2 N–H and O–H groups in total. The van der Waals surface area contributed by atoms with Crippen molar-refractivity contribution >= 4 is 21.8 Å².